The molecule has 4 heteroatoms. The maximum absolute atomic E-state index is 13.9. The molecule has 1 aliphatic carbocycles. The van der Waals surface area contributed by atoms with Crippen LogP contribution < -0.4 is 0 Å². The molecule has 0 saturated heterocycles. The van der Waals surface area contributed by atoms with Crippen molar-refractivity contribution in [3.8, 4) is 0 Å². The summed E-state index contributed by atoms with van der Waals surface area (Å²) in [5.74, 6) is 1.23. The van der Waals surface area contributed by atoms with E-state index in [1.165, 1.54) is 11.6 Å². The summed E-state index contributed by atoms with van der Waals surface area (Å²) in [5.41, 5.74) is 2.59. The molecule has 21 heavy (non-hydrogen) atoms. The highest BCUT2D eigenvalue weighted by molar-refractivity contribution is 6.16. The van der Waals surface area contributed by atoms with Crippen LogP contribution in [0.1, 0.15) is 29.8 Å². The summed E-state index contributed by atoms with van der Waals surface area (Å²) in [4.78, 5) is 4.38. The van der Waals surface area contributed by atoms with Gasteiger partial charge in [-0.25, -0.2) is 9.37 Å². The van der Waals surface area contributed by atoms with E-state index in [1.807, 2.05) is 12.1 Å². The molecule has 0 bridgehead atoms. The second-order valence-corrected chi connectivity index (χ2v) is 5.73. The molecule has 3 aromatic rings. The summed E-state index contributed by atoms with van der Waals surface area (Å²) in [6, 6.07) is 15.8. The number of hydrogen-bond acceptors (Lipinski definition) is 1. The van der Waals surface area contributed by atoms with Gasteiger partial charge in [-0.1, -0.05) is 36.4 Å². The summed E-state index contributed by atoms with van der Waals surface area (Å²) in [6.07, 6.45) is 1.05. The van der Waals surface area contributed by atoms with Gasteiger partial charge in [-0.2, -0.15) is 0 Å². The molecule has 2 aromatic carbocycles. The standard InChI is InChI=1S/C17H14ClFN2/c18-10-16-20-17-13(19)7-4-8-14(17)21(16)15-9-12(15)11-5-2-1-3-6-11/h1-8,12,15H,9-10H2. The molecule has 0 spiro atoms. The minimum atomic E-state index is -0.283. The molecule has 4 rings (SSSR count). The van der Waals surface area contributed by atoms with Crippen LogP contribution in [0.2, 0.25) is 0 Å². The summed E-state index contributed by atoms with van der Waals surface area (Å²) in [7, 11) is 0. The van der Waals surface area contributed by atoms with Crippen LogP contribution in [-0.2, 0) is 5.88 Å². The SMILES string of the molecule is Fc1cccc2c1nc(CCl)n2C1CC1c1ccccc1. The number of aromatic nitrogens is 2. The zero-order valence-electron chi connectivity index (χ0n) is 11.3. The third-order valence-electron chi connectivity index (χ3n) is 4.18. The molecule has 1 aromatic heterocycles. The van der Waals surface area contributed by atoms with Gasteiger partial charge in [0.15, 0.2) is 5.82 Å². The quantitative estimate of drug-likeness (QED) is 0.644. The zero-order chi connectivity index (χ0) is 14.4. The molecule has 1 fully saturated rings. The van der Waals surface area contributed by atoms with Crippen LogP contribution in [0.25, 0.3) is 11.0 Å². The third kappa shape index (κ3) is 2.04. The van der Waals surface area contributed by atoms with Gasteiger partial charge in [0.25, 0.3) is 0 Å². The molecular weight excluding hydrogens is 287 g/mol. The highest BCUT2D eigenvalue weighted by Gasteiger charge is 2.41. The lowest BCUT2D eigenvalue weighted by Crippen LogP contribution is -2.01. The molecule has 2 atom stereocenters. The average molecular weight is 301 g/mol. The fraction of sp³-hybridized carbons (Fsp3) is 0.235. The number of fused-ring (bicyclic) bond motifs is 1. The Labute approximate surface area is 127 Å². The predicted molar refractivity (Wildman–Crippen MR) is 82.1 cm³/mol. The van der Waals surface area contributed by atoms with Crippen LogP contribution in [0.15, 0.2) is 48.5 Å². The third-order valence-corrected chi connectivity index (χ3v) is 4.42. The van der Waals surface area contributed by atoms with Gasteiger partial charge in [-0.15, -0.1) is 11.6 Å². The van der Waals surface area contributed by atoms with Crippen molar-refractivity contribution < 1.29 is 4.39 Å². The van der Waals surface area contributed by atoms with Crippen LogP contribution in [0, 0.1) is 5.82 Å². The lowest BCUT2D eigenvalue weighted by molar-refractivity contribution is 0.637. The number of rotatable bonds is 3. The van der Waals surface area contributed by atoms with Crippen molar-refractivity contribution in [2.75, 3.05) is 0 Å². The van der Waals surface area contributed by atoms with E-state index in [-0.39, 0.29) is 5.82 Å². The topological polar surface area (TPSA) is 17.8 Å². The highest BCUT2D eigenvalue weighted by atomic mass is 35.5. The Balaban J connectivity index is 1.79. The Bertz CT molecular complexity index is 797. The summed E-state index contributed by atoms with van der Waals surface area (Å²) >= 11 is 6.02. The number of halogens is 2. The second kappa shape index (κ2) is 4.85. The smallest absolute Gasteiger partial charge is 0.151 e. The monoisotopic (exact) mass is 300 g/mol. The molecule has 106 valence electrons. The van der Waals surface area contributed by atoms with E-state index < -0.39 is 0 Å². The molecule has 0 radical (unpaired) electrons. The molecule has 0 aliphatic heterocycles. The fourth-order valence-corrected chi connectivity index (χ4v) is 3.31. The van der Waals surface area contributed by atoms with Gasteiger partial charge in [-0.05, 0) is 24.1 Å². The maximum Gasteiger partial charge on any atom is 0.151 e. The number of benzene rings is 2. The van der Waals surface area contributed by atoms with Gasteiger partial charge in [0.2, 0.25) is 0 Å². The van der Waals surface area contributed by atoms with Gasteiger partial charge in [0, 0.05) is 12.0 Å². The zero-order valence-corrected chi connectivity index (χ0v) is 12.1. The first-order valence-electron chi connectivity index (χ1n) is 7.06. The van der Waals surface area contributed by atoms with Crippen LogP contribution in [0.5, 0.6) is 0 Å². The minimum Gasteiger partial charge on any atom is -0.323 e. The Hall–Kier alpha value is -1.87. The molecule has 1 heterocycles. The number of para-hydroxylation sites is 1. The van der Waals surface area contributed by atoms with Gasteiger partial charge in [-0.3, -0.25) is 0 Å². The largest absolute Gasteiger partial charge is 0.323 e. The number of hydrogen-bond donors (Lipinski definition) is 0. The molecule has 0 N–H and O–H groups in total. The van der Waals surface area contributed by atoms with E-state index in [0.717, 1.165) is 17.8 Å². The number of nitrogens with zero attached hydrogens (tertiary/aromatic N) is 2. The minimum absolute atomic E-state index is 0.283. The van der Waals surface area contributed by atoms with Crippen LogP contribution in [0.3, 0.4) is 0 Å². The normalized spacial score (nSPS) is 20.9. The second-order valence-electron chi connectivity index (χ2n) is 5.46. The first kappa shape index (κ1) is 12.8. The summed E-state index contributed by atoms with van der Waals surface area (Å²) < 4.78 is 16.0. The van der Waals surface area contributed by atoms with Crippen molar-refractivity contribution in [3.05, 3.63) is 65.7 Å². The van der Waals surface area contributed by atoms with E-state index in [4.69, 9.17) is 11.6 Å². The van der Waals surface area contributed by atoms with Crippen molar-refractivity contribution in [2.24, 2.45) is 0 Å². The lowest BCUT2D eigenvalue weighted by Gasteiger charge is -2.07. The van der Waals surface area contributed by atoms with Crippen LogP contribution in [-0.4, -0.2) is 9.55 Å². The fourth-order valence-electron chi connectivity index (χ4n) is 3.12. The van der Waals surface area contributed by atoms with E-state index in [2.05, 4.69) is 33.8 Å². The predicted octanol–water partition coefficient (Wildman–Crippen LogP) is 4.64. The molecule has 2 unspecified atom stereocenters. The van der Waals surface area contributed by atoms with Crippen LogP contribution >= 0.6 is 11.6 Å². The van der Waals surface area contributed by atoms with Crippen molar-refractivity contribution in [3.63, 3.8) is 0 Å². The first-order valence-corrected chi connectivity index (χ1v) is 7.59. The first-order chi connectivity index (χ1) is 10.3. The highest BCUT2D eigenvalue weighted by Crippen LogP contribution is 2.53. The Kier molecular flexibility index (Phi) is 2.96. The van der Waals surface area contributed by atoms with E-state index >= 15 is 0 Å². The molecular formula is C17H14ClFN2. The van der Waals surface area contributed by atoms with E-state index in [1.54, 1.807) is 6.07 Å². The summed E-state index contributed by atoms with van der Waals surface area (Å²) in [6.45, 7) is 0. The van der Waals surface area contributed by atoms with Gasteiger partial charge in [0.1, 0.15) is 11.3 Å². The molecule has 1 saturated carbocycles. The van der Waals surface area contributed by atoms with Crippen molar-refractivity contribution in [2.45, 2.75) is 24.3 Å². The average Bonchev–Trinajstić information content (AvgIpc) is 3.21. The van der Waals surface area contributed by atoms with E-state index in [9.17, 15) is 4.39 Å². The number of alkyl halides is 1. The number of imidazole rings is 1. The lowest BCUT2D eigenvalue weighted by atomic mass is 10.1. The van der Waals surface area contributed by atoms with Gasteiger partial charge >= 0.3 is 0 Å². The summed E-state index contributed by atoms with van der Waals surface area (Å²) in [5, 5.41) is 0. The van der Waals surface area contributed by atoms with Crippen molar-refractivity contribution >= 4 is 22.6 Å². The van der Waals surface area contributed by atoms with Gasteiger partial charge in [0.05, 0.1) is 11.4 Å². The Morgan fingerprint density at radius 2 is 1.95 bits per heavy atom. The Morgan fingerprint density at radius 1 is 1.14 bits per heavy atom. The molecule has 2 nitrogen and oxygen atoms in total. The molecule has 1 aliphatic rings. The van der Waals surface area contributed by atoms with Crippen molar-refractivity contribution in [1.29, 1.82) is 0 Å². The van der Waals surface area contributed by atoms with Crippen LogP contribution in [0.4, 0.5) is 4.39 Å². The molecule has 0 amide bonds. The van der Waals surface area contributed by atoms with Gasteiger partial charge < -0.3 is 4.57 Å². The maximum atomic E-state index is 13.9. The van der Waals surface area contributed by atoms with Crippen molar-refractivity contribution in [1.82, 2.24) is 9.55 Å². The Morgan fingerprint density at radius 3 is 2.71 bits per heavy atom. The van der Waals surface area contributed by atoms with E-state index in [0.29, 0.717) is 23.4 Å².